The Morgan fingerprint density at radius 1 is 1.11 bits per heavy atom. The number of carbonyl (C=O) groups excluding carboxylic acids is 2. The van der Waals surface area contributed by atoms with E-state index in [-0.39, 0.29) is 24.1 Å². The molecule has 0 fully saturated rings. The number of carbonyl (C=O) groups is 2. The van der Waals surface area contributed by atoms with Crippen LogP contribution in [0.25, 0.3) is 0 Å². The molecule has 2 aromatic carbocycles. The maximum absolute atomic E-state index is 13.0. The highest BCUT2D eigenvalue weighted by molar-refractivity contribution is 8.00. The summed E-state index contributed by atoms with van der Waals surface area (Å²) in [4.78, 5) is 28.0. The predicted molar refractivity (Wildman–Crippen MR) is 117 cm³/mol. The van der Waals surface area contributed by atoms with E-state index < -0.39 is 6.04 Å². The van der Waals surface area contributed by atoms with Crippen LogP contribution in [-0.4, -0.2) is 35.6 Å². The lowest BCUT2D eigenvalue weighted by molar-refractivity contribution is -0.139. The Balaban J connectivity index is 2.20. The lowest BCUT2D eigenvalue weighted by Gasteiger charge is -2.30. The molecular formula is C21H24Cl2N2O2S. The molecule has 2 amide bonds. The quantitative estimate of drug-likeness (QED) is 0.593. The van der Waals surface area contributed by atoms with Gasteiger partial charge in [0, 0.05) is 18.5 Å². The third-order valence-electron chi connectivity index (χ3n) is 4.35. The van der Waals surface area contributed by atoms with E-state index in [1.165, 1.54) is 17.3 Å². The fraction of sp³-hybridized carbons (Fsp3) is 0.333. The first kappa shape index (κ1) is 22.6. The number of rotatable bonds is 8. The first-order chi connectivity index (χ1) is 13.3. The third kappa shape index (κ3) is 6.16. The Kier molecular flexibility index (Phi) is 8.67. The van der Waals surface area contributed by atoms with Gasteiger partial charge in [0.2, 0.25) is 11.8 Å². The van der Waals surface area contributed by atoms with E-state index in [4.69, 9.17) is 23.2 Å². The largest absolute Gasteiger partial charge is 0.357 e. The van der Waals surface area contributed by atoms with Crippen molar-refractivity contribution in [3.8, 4) is 0 Å². The van der Waals surface area contributed by atoms with Gasteiger partial charge in [0.05, 0.1) is 15.8 Å². The summed E-state index contributed by atoms with van der Waals surface area (Å²) >= 11 is 13.6. The number of likely N-dealkylation sites (N-methyl/N-ethyl adjacent to an activating group) is 1. The van der Waals surface area contributed by atoms with Crippen molar-refractivity contribution in [2.24, 2.45) is 0 Å². The van der Waals surface area contributed by atoms with E-state index in [0.29, 0.717) is 16.5 Å². The van der Waals surface area contributed by atoms with E-state index >= 15 is 0 Å². The number of hydrogen-bond donors (Lipinski definition) is 1. The van der Waals surface area contributed by atoms with Crippen LogP contribution >= 0.6 is 35.0 Å². The maximum Gasteiger partial charge on any atom is 0.242 e. The topological polar surface area (TPSA) is 49.4 Å². The number of benzene rings is 2. The zero-order valence-corrected chi connectivity index (χ0v) is 18.5. The van der Waals surface area contributed by atoms with E-state index in [1.807, 2.05) is 44.2 Å². The summed E-state index contributed by atoms with van der Waals surface area (Å²) in [6.45, 7) is 4.20. The van der Waals surface area contributed by atoms with E-state index in [2.05, 4.69) is 5.32 Å². The summed E-state index contributed by atoms with van der Waals surface area (Å²) in [5.41, 5.74) is 1.99. The monoisotopic (exact) mass is 438 g/mol. The van der Waals surface area contributed by atoms with Crippen molar-refractivity contribution in [2.45, 2.75) is 37.8 Å². The maximum atomic E-state index is 13.0. The van der Waals surface area contributed by atoms with Crippen molar-refractivity contribution in [3.63, 3.8) is 0 Å². The standard InChI is InChI=1S/C21H24Cl2N2O2S/c1-4-19(21(27)24-3)25(12-15-7-10-17(22)18(23)11-15)20(26)13-28-16-8-5-14(2)6-9-16/h5-11,19H,4,12-13H2,1-3H3,(H,24,27). The van der Waals surface area contributed by atoms with Crippen molar-refractivity contribution in [2.75, 3.05) is 12.8 Å². The normalized spacial score (nSPS) is 11.8. The molecule has 0 saturated heterocycles. The van der Waals surface area contributed by atoms with E-state index in [1.54, 1.807) is 24.1 Å². The number of nitrogens with zero attached hydrogens (tertiary/aromatic N) is 1. The lowest BCUT2D eigenvalue weighted by atomic mass is 10.1. The van der Waals surface area contributed by atoms with Crippen LogP contribution in [0.1, 0.15) is 24.5 Å². The van der Waals surface area contributed by atoms with Gasteiger partial charge in [0.25, 0.3) is 0 Å². The summed E-state index contributed by atoms with van der Waals surface area (Å²) in [6.07, 6.45) is 0.516. The average molecular weight is 439 g/mol. The van der Waals surface area contributed by atoms with Crippen LogP contribution in [0, 0.1) is 6.92 Å². The van der Waals surface area contributed by atoms with Gasteiger partial charge in [-0.05, 0) is 43.2 Å². The highest BCUT2D eigenvalue weighted by Crippen LogP contribution is 2.25. The second-order valence-corrected chi connectivity index (χ2v) is 8.27. The highest BCUT2D eigenvalue weighted by Gasteiger charge is 2.28. The molecule has 0 saturated carbocycles. The summed E-state index contributed by atoms with van der Waals surface area (Å²) in [5, 5.41) is 3.53. The van der Waals surface area contributed by atoms with E-state index in [9.17, 15) is 9.59 Å². The molecule has 2 rings (SSSR count). The third-order valence-corrected chi connectivity index (χ3v) is 6.09. The Labute approximate surface area is 180 Å². The van der Waals surface area contributed by atoms with Crippen molar-refractivity contribution in [3.05, 3.63) is 63.6 Å². The summed E-state index contributed by atoms with van der Waals surface area (Å²) < 4.78 is 0. The molecule has 0 radical (unpaired) electrons. The molecule has 0 aliphatic carbocycles. The minimum absolute atomic E-state index is 0.105. The molecule has 150 valence electrons. The molecule has 2 aromatic rings. The van der Waals surface area contributed by atoms with Gasteiger partial charge in [-0.25, -0.2) is 0 Å². The van der Waals surface area contributed by atoms with Gasteiger partial charge in [0.15, 0.2) is 0 Å². The zero-order chi connectivity index (χ0) is 20.7. The molecule has 0 bridgehead atoms. The first-order valence-corrected chi connectivity index (χ1v) is 10.7. The van der Waals surface area contributed by atoms with Gasteiger partial charge in [-0.3, -0.25) is 9.59 Å². The van der Waals surface area contributed by atoms with Gasteiger partial charge >= 0.3 is 0 Å². The molecule has 1 unspecified atom stereocenters. The summed E-state index contributed by atoms with van der Waals surface area (Å²) in [5.74, 6) is -0.0407. The molecule has 0 aliphatic rings. The van der Waals surface area contributed by atoms with Crippen LogP contribution in [-0.2, 0) is 16.1 Å². The molecule has 4 nitrogen and oxygen atoms in total. The van der Waals surface area contributed by atoms with Crippen molar-refractivity contribution >= 4 is 46.8 Å². The van der Waals surface area contributed by atoms with Crippen LogP contribution in [0.5, 0.6) is 0 Å². The van der Waals surface area contributed by atoms with Crippen molar-refractivity contribution in [1.29, 1.82) is 0 Å². The van der Waals surface area contributed by atoms with Crippen LogP contribution in [0.4, 0.5) is 0 Å². The molecule has 0 spiro atoms. The van der Waals surface area contributed by atoms with Crippen molar-refractivity contribution < 1.29 is 9.59 Å². The Hall–Kier alpha value is -1.69. The first-order valence-electron chi connectivity index (χ1n) is 9.00. The number of thioether (sulfide) groups is 1. The Morgan fingerprint density at radius 2 is 1.79 bits per heavy atom. The number of hydrogen-bond acceptors (Lipinski definition) is 3. The Morgan fingerprint density at radius 3 is 2.36 bits per heavy atom. The highest BCUT2D eigenvalue weighted by atomic mass is 35.5. The van der Waals surface area contributed by atoms with Gasteiger partial charge < -0.3 is 10.2 Å². The molecule has 0 aliphatic heterocycles. The fourth-order valence-corrected chi connectivity index (χ4v) is 3.89. The van der Waals surface area contributed by atoms with E-state index in [0.717, 1.165) is 10.5 Å². The number of amides is 2. The van der Waals surface area contributed by atoms with Gasteiger partial charge in [0.1, 0.15) is 6.04 Å². The van der Waals surface area contributed by atoms with Crippen LogP contribution in [0.2, 0.25) is 10.0 Å². The molecular weight excluding hydrogens is 415 g/mol. The van der Waals surface area contributed by atoms with Gasteiger partial charge in [-0.1, -0.05) is 53.9 Å². The number of nitrogens with one attached hydrogen (secondary N) is 1. The second-order valence-electron chi connectivity index (χ2n) is 6.41. The average Bonchev–Trinajstić information content (AvgIpc) is 2.69. The van der Waals surface area contributed by atoms with Gasteiger partial charge in [-0.2, -0.15) is 0 Å². The summed E-state index contributed by atoms with van der Waals surface area (Å²) in [6, 6.07) is 12.7. The minimum atomic E-state index is -0.550. The smallest absolute Gasteiger partial charge is 0.242 e. The minimum Gasteiger partial charge on any atom is -0.357 e. The number of aryl methyl sites for hydroxylation is 1. The predicted octanol–water partition coefficient (Wildman–Crippen LogP) is 4.95. The van der Waals surface area contributed by atoms with Crippen LogP contribution in [0.15, 0.2) is 47.4 Å². The SMILES string of the molecule is CCC(C(=O)NC)N(Cc1ccc(Cl)c(Cl)c1)C(=O)CSc1ccc(C)cc1. The lowest BCUT2D eigenvalue weighted by Crippen LogP contribution is -2.48. The molecule has 28 heavy (non-hydrogen) atoms. The van der Waals surface area contributed by atoms with Crippen LogP contribution < -0.4 is 5.32 Å². The molecule has 0 heterocycles. The van der Waals surface area contributed by atoms with Gasteiger partial charge in [-0.15, -0.1) is 11.8 Å². The zero-order valence-electron chi connectivity index (χ0n) is 16.2. The molecule has 7 heteroatoms. The summed E-state index contributed by atoms with van der Waals surface area (Å²) in [7, 11) is 1.58. The number of halogens is 2. The molecule has 1 atom stereocenters. The van der Waals surface area contributed by atoms with Crippen LogP contribution in [0.3, 0.4) is 0 Å². The second kappa shape index (κ2) is 10.7. The van der Waals surface area contributed by atoms with Crippen molar-refractivity contribution in [1.82, 2.24) is 10.2 Å². The fourth-order valence-electron chi connectivity index (χ4n) is 2.78. The molecule has 1 N–H and O–H groups in total. The Bertz CT molecular complexity index is 828. The molecule has 0 aromatic heterocycles.